The van der Waals surface area contributed by atoms with Crippen molar-refractivity contribution in [3.05, 3.63) is 11.3 Å². The molecule has 2 unspecified atom stereocenters. The number of methoxy groups -OCH3 is 1. The zero-order valence-corrected chi connectivity index (χ0v) is 14.3. The number of aromatic nitrogens is 2. The van der Waals surface area contributed by atoms with Gasteiger partial charge in [0.25, 0.3) is 0 Å². The van der Waals surface area contributed by atoms with Crippen LogP contribution in [0.1, 0.15) is 38.4 Å². The molecule has 0 amide bonds. The molecule has 21 heavy (non-hydrogen) atoms. The minimum atomic E-state index is 0.305. The van der Waals surface area contributed by atoms with E-state index >= 15 is 0 Å². The average Bonchev–Trinajstić information content (AvgIpc) is 2.71. The largest absolute Gasteiger partial charge is 0.379 e. The quantitative estimate of drug-likeness (QED) is 0.903. The summed E-state index contributed by atoms with van der Waals surface area (Å²) in [7, 11) is 3.86. The molecule has 5 heteroatoms. The highest BCUT2D eigenvalue weighted by Crippen LogP contribution is 2.29. The van der Waals surface area contributed by atoms with Crippen LogP contribution in [0.2, 0.25) is 0 Å². The monoisotopic (exact) mass is 294 g/mol. The standard InChI is InChI=1S/C16H30N4O/c1-11(2)17-9-14-13(4)18-19(5)16(14)20-8-7-12(3)15(10-20)21-6/h11-12,15,17H,7-10H2,1-6H3. The summed E-state index contributed by atoms with van der Waals surface area (Å²) < 4.78 is 7.68. The van der Waals surface area contributed by atoms with Crippen LogP contribution in [0.5, 0.6) is 0 Å². The molecule has 1 N–H and O–H groups in total. The lowest BCUT2D eigenvalue weighted by molar-refractivity contribution is 0.0494. The Labute approximate surface area is 128 Å². The molecule has 1 aliphatic heterocycles. The predicted molar refractivity (Wildman–Crippen MR) is 86.7 cm³/mol. The van der Waals surface area contributed by atoms with Crippen LogP contribution in [0, 0.1) is 12.8 Å². The van der Waals surface area contributed by atoms with Gasteiger partial charge in [0.1, 0.15) is 5.82 Å². The molecule has 0 bridgehead atoms. The SMILES string of the molecule is COC1CN(c2c(CNC(C)C)c(C)nn2C)CCC1C. The van der Waals surface area contributed by atoms with Crippen LogP contribution < -0.4 is 10.2 Å². The van der Waals surface area contributed by atoms with Gasteiger partial charge in [0.2, 0.25) is 0 Å². The molecule has 2 rings (SSSR count). The first-order chi connectivity index (χ1) is 9.93. The highest BCUT2D eigenvalue weighted by atomic mass is 16.5. The topological polar surface area (TPSA) is 42.3 Å². The normalized spacial score (nSPS) is 23.1. The van der Waals surface area contributed by atoms with Crippen molar-refractivity contribution in [2.75, 3.05) is 25.1 Å². The molecule has 5 nitrogen and oxygen atoms in total. The van der Waals surface area contributed by atoms with Crippen molar-refractivity contribution in [2.24, 2.45) is 13.0 Å². The molecule has 1 fully saturated rings. The number of ether oxygens (including phenoxy) is 1. The summed E-state index contributed by atoms with van der Waals surface area (Å²) in [6.45, 7) is 11.6. The fraction of sp³-hybridized carbons (Fsp3) is 0.812. The maximum atomic E-state index is 5.65. The third kappa shape index (κ3) is 3.58. The van der Waals surface area contributed by atoms with Gasteiger partial charge in [0.05, 0.1) is 11.8 Å². The fourth-order valence-electron chi connectivity index (χ4n) is 3.13. The molecule has 0 aromatic carbocycles. The third-order valence-electron chi connectivity index (χ3n) is 4.49. The van der Waals surface area contributed by atoms with Gasteiger partial charge in [0, 0.05) is 45.4 Å². The van der Waals surface area contributed by atoms with E-state index in [-0.39, 0.29) is 0 Å². The van der Waals surface area contributed by atoms with Crippen LogP contribution in [0.4, 0.5) is 5.82 Å². The van der Waals surface area contributed by atoms with Gasteiger partial charge in [-0.25, -0.2) is 0 Å². The van der Waals surface area contributed by atoms with E-state index in [0.29, 0.717) is 18.1 Å². The highest BCUT2D eigenvalue weighted by molar-refractivity contribution is 5.50. The number of nitrogens with one attached hydrogen (secondary N) is 1. The zero-order chi connectivity index (χ0) is 15.6. The summed E-state index contributed by atoms with van der Waals surface area (Å²) in [5, 5.41) is 8.15. The highest BCUT2D eigenvalue weighted by Gasteiger charge is 2.29. The van der Waals surface area contributed by atoms with E-state index in [4.69, 9.17) is 4.74 Å². The minimum Gasteiger partial charge on any atom is -0.379 e. The number of anilines is 1. The molecule has 0 saturated carbocycles. The van der Waals surface area contributed by atoms with Crippen molar-refractivity contribution < 1.29 is 4.74 Å². The summed E-state index contributed by atoms with van der Waals surface area (Å²) in [6, 6.07) is 0.477. The van der Waals surface area contributed by atoms with E-state index in [1.165, 1.54) is 17.8 Å². The van der Waals surface area contributed by atoms with Gasteiger partial charge in [-0.05, 0) is 19.3 Å². The lowest BCUT2D eigenvalue weighted by atomic mass is 9.95. The van der Waals surface area contributed by atoms with E-state index in [1.54, 1.807) is 0 Å². The number of aryl methyl sites for hydroxylation is 2. The molecule has 0 radical (unpaired) electrons. The van der Waals surface area contributed by atoms with Crippen molar-refractivity contribution >= 4 is 5.82 Å². The Hall–Kier alpha value is -1.07. The summed E-state index contributed by atoms with van der Waals surface area (Å²) in [4.78, 5) is 2.44. The number of piperidine rings is 1. The lowest BCUT2D eigenvalue weighted by Gasteiger charge is -2.37. The number of nitrogens with zero attached hydrogens (tertiary/aromatic N) is 3. The van der Waals surface area contributed by atoms with Gasteiger partial charge in [-0.2, -0.15) is 5.10 Å². The fourth-order valence-corrected chi connectivity index (χ4v) is 3.13. The van der Waals surface area contributed by atoms with E-state index in [9.17, 15) is 0 Å². The number of hydrogen-bond acceptors (Lipinski definition) is 4. The molecule has 1 aliphatic rings. The molecule has 1 aromatic heterocycles. The smallest absolute Gasteiger partial charge is 0.131 e. The molecule has 2 atom stereocenters. The molecule has 1 aromatic rings. The van der Waals surface area contributed by atoms with Crippen LogP contribution in [-0.4, -0.2) is 42.1 Å². The van der Waals surface area contributed by atoms with E-state index < -0.39 is 0 Å². The molecular weight excluding hydrogens is 264 g/mol. The van der Waals surface area contributed by atoms with Crippen molar-refractivity contribution in [1.29, 1.82) is 0 Å². The molecular formula is C16H30N4O. The summed E-state index contributed by atoms with van der Waals surface area (Å²) in [5.41, 5.74) is 2.43. The molecule has 0 spiro atoms. The lowest BCUT2D eigenvalue weighted by Crippen LogP contribution is -2.45. The van der Waals surface area contributed by atoms with Gasteiger partial charge in [-0.15, -0.1) is 0 Å². The first kappa shape index (κ1) is 16.3. The van der Waals surface area contributed by atoms with E-state index in [2.05, 4.69) is 43.0 Å². The summed E-state index contributed by atoms with van der Waals surface area (Å²) in [5.74, 6) is 1.87. The van der Waals surface area contributed by atoms with Crippen LogP contribution in [0.15, 0.2) is 0 Å². The van der Waals surface area contributed by atoms with Crippen molar-refractivity contribution in [1.82, 2.24) is 15.1 Å². The maximum Gasteiger partial charge on any atom is 0.131 e. The Balaban J connectivity index is 2.22. The number of rotatable bonds is 5. The summed E-state index contributed by atoms with van der Waals surface area (Å²) >= 11 is 0. The van der Waals surface area contributed by atoms with Gasteiger partial charge < -0.3 is 15.0 Å². The second-order valence-electron chi connectivity index (χ2n) is 6.53. The Bertz CT molecular complexity index is 469. The Morgan fingerprint density at radius 1 is 1.43 bits per heavy atom. The van der Waals surface area contributed by atoms with Crippen LogP contribution >= 0.6 is 0 Å². The average molecular weight is 294 g/mol. The van der Waals surface area contributed by atoms with E-state index in [1.807, 2.05) is 18.8 Å². The zero-order valence-electron chi connectivity index (χ0n) is 14.3. The second-order valence-corrected chi connectivity index (χ2v) is 6.53. The Morgan fingerprint density at radius 2 is 2.14 bits per heavy atom. The number of hydrogen-bond donors (Lipinski definition) is 1. The maximum absolute atomic E-state index is 5.65. The summed E-state index contributed by atoms with van der Waals surface area (Å²) in [6.07, 6.45) is 1.47. The molecule has 1 saturated heterocycles. The second kappa shape index (κ2) is 6.79. The van der Waals surface area contributed by atoms with Crippen LogP contribution in [0.25, 0.3) is 0 Å². The van der Waals surface area contributed by atoms with Gasteiger partial charge in [-0.3, -0.25) is 4.68 Å². The minimum absolute atomic E-state index is 0.305. The van der Waals surface area contributed by atoms with E-state index in [0.717, 1.165) is 25.3 Å². The van der Waals surface area contributed by atoms with Gasteiger partial charge >= 0.3 is 0 Å². The predicted octanol–water partition coefficient (Wildman–Crippen LogP) is 2.09. The first-order valence-electron chi connectivity index (χ1n) is 7.97. The van der Waals surface area contributed by atoms with Gasteiger partial charge in [0.15, 0.2) is 0 Å². The van der Waals surface area contributed by atoms with Gasteiger partial charge in [-0.1, -0.05) is 20.8 Å². The third-order valence-corrected chi connectivity index (χ3v) is 4.49. The Kier molecular flexibility index (Phi) is 5.27. The molecule has 0 aliphatic carbocycles. The van der Waals surface area contributed by atoms with Crippen molar-refractivity contribution in [2.45, 2.75) is 52.8 Å². The molecule has 120 valence electrons. The Morgan fingerprint density at radius 3 is 2.76 bits per heavy atom. The molecule has 2 heterocycles. The van der Waals surface area contributed by atoms with Crippen LogP contribution in [-0.2, 0) is 18.3 Å². The van der Waals surface area contributed by atoms with Crippen molar-refractivity contribution in [3.63, 3.8) is 0 Å². The first-order valence-corrected chi connectivity index (χ1v) is 7.97. The van der Waals surface area contributed by atoms with Crippen molar-refractivity contribution in [3.8, 4) is 0 Å². The van der Waals surface area contributed by atoms with Crippen LogP contribution in [0.3, 0.4) is 0 Å².